The molecule has 2 aromatic rings. The van der Waals surface area contributed by atoms with E-state index in [0.717, 1.165) is 36.9 Å². The Hall–Kier alpha value is -1.86. The average Bonchev–Trinajstić information content (AvgIpc) is 2.86. The van der Waals surface area contributed by atoms with Crippen LogP contribution in [0.5, 0.6) is 5.75 Å². The molecule has 0 radical (unpaired) electrons. The number of benzene rings is 1. The molecule has 0 aliphatic carbocycles. The molecular weight excluding hydrogens is 338 g/mol. The zero-order valence-corrected chi connectivity index (χ0v) is 15.8. The predicted octanol–water partition coefficient (Wildman–Crippen LogP) is 3.04. The van der Waals surface area contributed by atoms with Crippen LogP contribution in [-0.2, 0) is 17.1 Å². The minimum Gasteiger partial charge on any atom is -0.495 e. The molecule has 0 spiro atoms. The summed E-state index contributed by atoms with van der Waals surface area (Å²) in [5.74, 6) is 0.384. The average molecular weight is 363 g/mol. The van der Waals surface area contributed by atoms with Gasteiger partial charge in [0, 0.05) is 19.8 Å². The van der Waals surface area contributed by atoms with Gasteiger partial charge < -0.3 is 4.74 Å². The Kier molecular flexibility index (Phi) is 5.15. The van der Waals surface area contributed by atoms with Crippen LogP contribution in [0.3, 0.4) is 0 Å². The van der Waals surface area contributed by atoms with E-state index in [4.69, 9.17) is 4.74 Å². The van der Waals surface area contributed by atoms with Crippen LogP contribution >= 0.6 is 0 Å². The number of nitrogens with zero attached hydrogens (tertiary/aromatic N) is 3. The van der Waals surface area contributed by atoms with Crippen LogP contribution < -0.4 is 4.74 Å². The van der Waals surface area contributed by atoms with Crippen molar-refractivity contribution in [3.8, 4) is 5.75 Å². The molecule has 2 heterocycles. The van der Waals surface area contributed by atoms with Gasteiger partial charge in [0.05, 0.1) is 18.8 Å². The Morgan fingerprint density at radius 2 is 2.00 bits per heavy atom. The van der Waals surface area contributed by atoms with Crippen molar-refractivity contribution in [2.45, 2.75) is 43.5 Å². The van der Waals surface area contributed by atoms with Crippen molar-refractivity contribution in [1.29, 1.82) is 0 Å². The van der Waals surface area contributed by atoms with E-state index in [0.29, 0.717) is 12.3 Å². The lowest BCUT2D eigenvalue weighted by Crippen LogP contribution is -2.35. The van der Waals surface area contributed by atoms with Gasteiger partial charge in [0.1, 0.15) is 10.6 Å². The van der Waals surface area contributed by atoms with Crippen LogP contribution in [0.4, 0.5) is 0 Å². The van der Waals surface area contributed by atoms with Crippen molar-refractivity contribution in [1.82, 2.24) is 14.1 Å². The molecule has 6 nitrogen and oxygen atoms in total. The van der Waals surface area contributed by atoms with Gasteiger partial charge in [0.2, 0.25) is 10.0 Å². The molecule has 7 heteroatoms. The number of aryl methyl sites for hydroxylation is 2. The number of aromatic nitrogens is 2. The first kappa shape index (κ1) is 17.9. The van der Waals surface area contributed by atoms with Crippen molar-refractivity contribution >= 4 is 10.0 Å². The molecule has 0 bridgehead atoms. The maximum absolute atomic E-state index is 13.5. The molecule has 1 unspecified atom stereocenters. The number of methoxy groups -OCH3 is 1. The van der Waals surface area contributed by atoms with E-state index in [1.807, 2.05) is 32.3 Å². The van der Waals surface area contributed by atoms with Crippen molar-refractivity contribution in [3.63, 3.8) is 0 Å². The van der Waals surface area contributed by atoms with E-state index < -0.39 is 10.0 Å². The number of hydrogen-bond acceptors (Lipinski definition) is 4. The fourth-order valence-electron chi connectivity index (χ4n) is 3.39. The highest BCUT2D eigenvalue weighted by Crippen LogP contribution is 2.36. The molecule has 136 valence electrons. The zero-order chi connectivity index (χ0) is 18.0. The Morgan fingerprint density at radius 1 is 1.20 bits per heavy atom. The molecule has 1 saturated heterocycles. The van der Waals surface area contributed by atoms with E-state index in [1.54, 1.807) is 21.1 Å². The standard InChI is InChI=1S/C18H25N3O3S/c1-14-8-9-17(24-3)18(13-14)25(22,23)21-11-6-4-5-7-16(21)15-10-12-20(2)19-15/h8-10,12-13,16H,4-7,11H2,1-3H3. The van der Waals surface area contributed by atoms with E-state index >= 15 is 0 Å². The molecule has 0 amide bonds. The first-order chi connectivity index (χ1) is 11.9. The van der Waals surface area contributed by atoms with E-state index in [1.165, 1.54) is 7.11 Å². The second-order valence-electron chi connectivity index (χ2n) is 6.55. The van der Waals surface area contributed by atoms with Gasteiger partial charge >= 0.3 is 0 Å². The molecule has 3 rings (SSSR count). The Morgan fingerprint density at radius 3 is 2.68 bits per heavy atom. The number of hydrogen-bond donors (Lipinski definition) is 0. The third kappa shape index (κ3) is 3.57. The molecule has 25 heavy (non-hydrogen) atoms. The van der Waals surface area contributed by atoms with Crippen LogP contribution in [0, 0.1) is 6.92 Å². The SMILES string of the molecule is COc1ccc(C)cc1S(=O)(=O)N1CCCCCC1c1ccn(C)n1. The van der Waals surface area contributed by atoms with Crippen LogP contribution in [-0.4, -0.2) is 36.2 Å². The fourth-order valence-corrected chi connectivity index (χ4v) is 5.30. The molecular formula is C18H25N3O3S. The van der Waals surface area contributed by atoms with Crippen LogP contribution in [0.1, 0.15) is 43.0 Å². The van der Waals surface area contributed by atoms with Gasteiger partial charge in [0.25, 0.3) is 0 Å². The first-order valence-corrected chi connectivity index (χ1v) is 10.0. The summed E-state index contributed by atoms with van der Waals surface area (Å²) in [5.41, 5.74) is 1.70. The maximum Gasteiger partial charge on any atom is 0.247 e. The molecule has 1 aliphatic heterocycles. The monoisotopic (exact) mass is 363 g/mol. The smallest absolute Gasteiger partial charge is 0.247 e. The van der Waals surface area contributed by atoms with E-state index in [-0.39, 0.29) is 10.9 Å². The molecule has 1 atom stereocenters. The van der Waals surface area contributed by atoms with Crippen LogP contribution in [0.25, 0.3) is 0 Å². The lowest BCUT2D eigenvalue weighted by atomic mass is 10.1. The highest BCUT2D eigenvalue weighted by atomic mass is 32.2. The summed E-state index contributed by atoms with van der Waals surface area (Å²) in [5, 5.41) is 4.47. The van der Waals surface area contributed by atoms with Gasteiger partial charge in [-0.2, -0.15) is 9.40 Å². The minimum absolute atomic E-state index is 0.234. The minimum atomic E-state index is -3.68. The van der Waals surface area contributed by atoms with Gasteiger partial charge in [0.15, 0.2) is 0 Å². The molecule has 0 N–H and O–H groups in total. The van der Waals surface area contributed by atoms with E-state index in [9.17, 15) is 8.42 Å². The van der Waals surface area contributed by atoms with Gasteiger partial charge in [-0.1, -0.05) is 18.9 Å². The second kappa shape index (κ2) is 7.17. The summed E-state index contributed by atoms with van der Waals surface area (Å²) in [4.78, 5) is 0.234. The van der Waals surface area contributed by atoms with Gasteiger partial charge in [-0.05, 0) is 43.5 Å². The topological polar surface area (TPSA) is 64.4 Å². The predicted molar refractivity (Wildman–Crippen MR) is 96.0 cm³/mol. The molecule has 1 aromatic carbocycles. The maximum atomic E-state index is 13.5. The summed E-state index contributed by atoms with van der Waals surface area (Å²) in [7, 11) is -0.327. The third-order valence-corrected chi connectivity index (χ3v) is 6.61. The van der Waals surface area contributed by atoms with Crippen molar-refractivity contribution in [2.24, 2.45) is 7.05 Å². The molecule has 1 aliphatic rings. The second-order valence-corrected chi connectivity index (χ2v) is 8.41. The summed E-state index contributed by atoms with van der Waals surface area (Å²) < 4.78 is 35.6. The highest BCUT2D eigenvalue weighted by molar-refractivity contribution is 7.89. The molecule has 1 fully saturated rings. The summed E-state index contributed by atoms with van der Waals surface area (Å²) in [6, 6.07) is 6.94. The van der Waals surface area contributed by atoms with Gasteiger partial charge in [-0.3, -0.25) is 4.68 Å². The number of rotatable bonds is 4. The Balaban J connectivity index is 2.08. The Bertz CT molecular complexity index is 845. The third-order valence-electron chi connectivity index (χ3n) is 4.69. The summed E-state index contributed by atoms with van der Waals surface area (Å²) >= 11 is 0. The van der Waals surface area contributed by atoms with Crippen LogP contribution in [0.2, 0.25) is 0 Å². The van der Waals surface area contributed by atoms with Crippen molar-refractivity contribution in [3.05, 3.63) is 41.7 Å². The lowest BCUT2D eigenvalue weighted by Gasteiger charge is -2.28. The fraction of sp³-hybridized carbons (Fsp3) is 0.500. The van der Waals surface area contributed by atoms with Gasteiger partial charge in [-0.25, -0.2) is 8.42 Å². The van der Waals surface area contributed by atoms with E-state index in [2.05, 4.69) is 5.10 Å². The van der Waals surface area contributed by atoms with Crippen molar-refractivity contribution < 1.29 is 13.2 Å². The first-order valence-electron chi connectivity index (χ1n) is 8.59. The quantitative estimate of drug-likeness (QED) is 0.837. The number of ether oxygens (including phenoxy) is 1. The van der Waals surface area contributed by atoms with Crippen LogP contribution in [0.15, 0.2) is 35.4 Å². The lowest BCUT2D eigenvalue weighted by molar-refractivity contribution is 0.319. The molecule has 1 aromatic heterocycles. The van der Waals surface area contributed by atoms with Gasteiger partial charge in [-0.15, -0.1) is 0 Å². The summed E-state index contributed by atoms with van der Waals surface area (Å²) in [6.45, 7) is 2.39. The van der Waals surface area contributed by atoms with Crippen molar-refractivity contribution in [2.75, 3.05) is 13.7 Å². The summed E-state index contributed by atoms with van der Waals surface area (Å²) in [6.07, 6.45) is 5.53. The zero-order valence-electron chi connectivity index (χ0n) is 15.0. The normalized spacial score (nSPS) is 19.6. The molecule has 0 saturated carbocycles. The largest absolute Gasteiger partial charge is 0.495 e. The Labute approximate surface area is 149 Å². The number of sulfonamides is 1. The highest BCUT2D eigenvalue weighted by Gasteiger charge is 2.36.